The highest BCUT2D eigenvalue weighted by Gasteiger charge is 2.27. The third-order valence-corrected chi connectivity index (χ3v) is 6.02. The Kier molecular flexibility index (Phi) is 11.8. The molecule has 2 aromatic rings. The second kappa shape index (κ2) is 14.8. The number of hydrogen-bond donors (Lipinski definition) is 3. The lowest BCUT2D eigenvalue weighted by atomic mass is 10.0. The number of carbonyl (C=O) groups excluding carboxylic acids is 3. The number of benzene rings is 2. The minimum atomic E-state index is -1.19. The fraction of sp³-hybridized carbons (Fsp3) is 0.385. The van der Waals surface area contributed by atoms with Gasteiger partial charge in [-0.05, 0) is 34.9 Å². The highest BCUT2D eigenvalue weighted by molar-refractivity contribution is 7.96. The van der Waals surface area contributed by atoms with Gasteiger partial charge in [-0.2, -0.15) is 0 Å². The van der Waals surface area contributed by atoms with Gasteiger partial charge >= 0.3 is 12.1 Å². The van der Waals surface area contributed by atoms with Crippen molar-refractivity contribution in [2.45, 2.75) is 44.4 Å². The van der Waals surface area contributed by atoms with Crippen LogP contribution in [-0.4, -0.2) is 59.2 Å². The number of ketones is 1. The van der Waals surface area contributed by atoms with Gasteiger partial charge in [-0.3, -0.25) is 9.59 Å². The van der Waals surface area contributed by atoms with Crippen molar-refractivity contribution >= 4 is 34.6 Å². The summed E-state index contributed by atoms with van der Waals surface area (Å²) in [6.07, 6.45) is 4.06. The van der Waals surface area contributed by atoms with Gasteiger partial charge < -0.3 is 20.5 Å². The topological polar surface area (TPSA) is 122 Å². The van der Waals surface area contributed by atoms with Gasteiger partial charge in [-0.1, -0.05) is 60.7 Å². The molecule has 0 saturated carbocycles. The number of carbonyl (C=O) groups is 4. The van der Waals surface area contributed by atoms with E-state index in [1.807, 2.05) is 73.2 Å². The van der Waals surface area contributed by atoms with Crippen LogP contribution in [0.3, 0.4) is 0 Å². The standard InChI is InChI=1S/C26H32N2O6S/c1-35(2)18-21(29)14-9-15-22(25(31)32)27-24(30)23(16-19-10-5-3-6-11-19)28-26(33)34-17-20-12-7-4-8-13-20/h3-8,10-13,22-23H,9,14-18H2,1-2H3,(H2-,27,28,30,31,32,33)/p+1. The molecule has 8 nitrogen and oxygen atoms in total. The minimum absolute atomic E-state index is 0.0112. The number of amides is 2. The molecule has 2 atom stereocenters. The number of Topliss-reactive ketones (excluding diaryl/α,β-unsaturated/α-hetero) is 1. The first-order valence-corrected chi connectivity index (χ1v) is 13.6. The van der Waals surface area contributed by atoms with Crippen LogP contribution in [0, 0.1) is 0 Å². The second-order valence-corrected chi connectivity index (χ2v) is 10.7. The van der Waals surface area contributed by atoms with Crippen LogP contribution in [-0.2, 0) is 43.0 Å². The molecule has 0 spiro atoms. The van der Waals surface area contributed by atoms with Gasteiger partial charge in [0.25, 0.3) is 0 Å². The zero-order valence-corrected chi connectivity index (χ0v) is 20.9. The van der Waals surface area contributed by atoms with E-state index in [1.54, 1.807) is 0 Å². The van der Waals surface area contributed by atoms with Gasteiger partial charge in [0, 0.05) is 12.8 Å². The van der Waals surface area contributed by atoms with Crippen molar-refractivity contribution in [1.29, 1.82) is 0 Å². The van der Waals surface area contributed by atoms with Crippen molar-refractivity contribution in [1.82, 2.24) is 10.6 Å². The molecule has 35 heavy (non-hydrogen) atoms. The van der Waals surface area contributed by atoms with Crippen LogP contribution >= 0.6 is 0 Å². The number of alkyl carbamates (subject to hydrolysis) is 1. The van der Waals surface area contributed by atoms with Gasteiger partial charge in [-0.15, -0.1) is 0 Å². The van der Waals surface area contributed by atoms with Gasteiger partial charge in [0.05, 0.1) is 12.5 Å². The minimum Gasteiger partial charge on any atom is -0.480 e. The number of carboxylic acids is 1. The van der Waals surface area contributed by atoms with E-state index in [1.165, 1.54) is 0 Å². The predicted molar refractivity (Wildman–Crippen MR) is 136 cm³/mol. The Bertz CT molecular complexity index is 968. The highest BCUT2D eigenvalue weighted by atomic mass is 32.2. The first kappa shape index (κ1) is 27.9. The number of carboxylic acid groups (broad SMARTS) is 1. The van der Waals surface area contributed by atoms with E-state index >= 15 is 0 Å². The molecule has 2 aromatic carbocycles. The van der Waals surface area contributed by atoms with Gasteiger partial charge in [0.1, 0.15) is 18.7 Å². The van der Waals surface area contributed by atoms with E-state index in [4.69, 9.17) is 4.74 Å². The van der Waals surface area contributed by atoms with Crippen LogP contribution < -0.4 is 10.6 Å². The largest absolute Gasteiger partial charge is 0.480 e. The Morgan fingerprint density at radius 1 is 0.886 bits per heavy atom. The van der Waals surface area contributed by atoms with Crippen LogP contribution in [0.15, 0.2) is 60.7 Å². The third-order valence-electron chi connectivity index (χ3n) is 5.12. The smallest absolute Gasteiger partial charge is 0.408 e. The highest BCUT2D eigenvalue weighted by Crippen LogP contribution is 2.08. The summed E-state index contributed by atoms with van der Waals surface area (Å²) in [6.45, 7) is 0.0368. The molecule has 0 saturated heterocycles. The van der Waals surface area contributed by atoms with Crippen LogP contribution in [0.1, 0.15) is 30.4 Å². The van der Waals surface area contributed by atoms with Crippen molar-refractivity contribution in [3.63, 3.8) is 0 Å². The number of hydrogen-bond acceptors (Lipinski definition) is 5. The lowest BCUT2D eigenvalue weighted by Gasteiger charge is -2.21. The molecule has 0 heterocycles. The van der Waals surface area contributed by atoms with E-state index in [2.05, 4.69) is 10.6 Å². The molecule has 0 radical (unpaired) electrons. The summed E-state index contributed by atoms with van der Waals surface area (Å²) in [7, 11) is -0.0112. The van der Waals surface area contributed by atoms with Gasteiger partial charge in [0.15, 0.2) is 11.5 Å². The summed E-state index contributed by atoms with van der Waals surface area (Å²) in [5, 5.41) is 14.7. The maximum Gasteiger partial charge on any atom is 0.408 e. The summed E-state index contributed by atoms with van der Waals surface area (Å²) in [4.78, 5) is 49.1. The Balaban J connectivity index is 2.00. The molecule has 0 aromatic heterocycles. The molecular formula is C26H33N2O6S+. The molecule has 0 fully saturated rings. The molecule has 188 valence electrons. The van der Waals surface area contributed by atoms with Crippen molar-refractivity contribution in [2.24, 2.45) is 0 Å². The molecular weight excluding hydrogens is 468 g/mol. The Morgan fingerprint density at radius 2 is 1.49 bits per heavy atom. The number of aliphatic carboxylic acids is 1. The van der Waals surface area contributed by atoms with E-state index in [0.717, 1.165) is 11.1 Å². The molecule has 2 unspecified atom stereocenters. The quantitative estimate of drug-likeness (QED) is 0.342. The lowest BCUT2D eigenvalue weighted by Crippen LogP contribution is -2.52. The maximum absolute atomic E-state index is 13.0. The molecule has 3 N–H and O–H groups in total. The van der Waals surface area contributed by atoms with E-state index in [-0.39, 0.29) is 42.5 Å². The number of nitrogens with one attached hydrogen (secondary N) is 2. The molecule has 2 rings (SSSR count). The Morgan fingerprint density at radius 3 is 2.06 bits per heavy atom. The summed E-state index contributed by atoms with van der Waals surface area (Å²) in [5.74, 6) is -1.27. The van der Waals surface area contributed by atoms with Crippen molar-refractivity contribution in [3.8, 4) is 0 Å². The van der Waals surface area contributed by atoms with E-state index in [0.29, 0.717) is 12.2 Å². The fourth-order valence-electron chi connectivity index (χ4n) is 3.39. The van der Waals surface area contributed by atoms with Crippen LogP contribution in [0.25, 0.3) is 0 Å². The average molecular weight is 502 g/mol. The molecule has 0 aliphatic carbocycles. The number of ether oxygens (including phenoxy) is 1. The SMILES string of the molecule is C[S+](C)CC(=O)CCCC(NC(=O)C(Cc1ccccc1)NC(=O)OCc1ccccc1)C(=O)O. The Hall–Kier alpha value is -3.33. The maximum atomic E-state index is 13.0. The van der Waals surface area contributed by atoms with Gasteiger partial charge in [-0.25, -0.2) is 9.59 Å². The van der Waals surface area contributed by atoms with Crippen molar-refractivity contribution in [3.05, 3.63) is 71.8 Å². The summed E-state index contributed by atoms with van der Waals surface area (Å²) in [5.41, 5.74) is 1.59. The molecule has 9 heteroatoms. The summed E-state index contributed by atoms with van der Waals surface area (Å²) < 4.78 is 5.24. The first-order chi connectivity index (χ1) is 16.7. The van der Waals surface area contributed by atoms with Crippen LogP contribution in [0.4, 0.5) is 4.79 Å². The summed E-state index contributed by atoms with van der Waals surface area (Å²) >= 11 is 0. The molecule has 0 aliphatic heterocycles. The van der Waals surface area contributed by atoms with E-state index in [9.17, 15) is 24.3 Å². The summed E-state index contributed by atoms with van der Waals surface area (Å²) in [6, 6.07) is 16.0. The lowest BCUT2D eigenvalue weighted by molar-refractivity contribution is -0.142. The van der Waals surface area contributed by atoms with Crippen molar-refractivity contribution in [2.75, 3.05) is 18.3 Å². The molecule has 0 aliphatic rings. The second-order valence-electron chi connectivity index (χ2n) is 8.41. The normalized spacial score (nSPS) is 12.4. The molecule has 0 bridgehead atoms. The van der Waals surface area contributed by atoms with Crippen LogP contribution in [0.2, 0.25) is 0 Å². The van der Waals surface area contributed by atoms with Crippen LogP contribution in [0.5, 0.6) is 0 Å². The zero-order chi connectivity index (χ0) is 25.6. The first-order valence-electron chi connectivity index (χ1n) is 11.3. The van der Waals surface area contributed by atoms with Crippen molar-refractivity contribution < 1.29 is 29.0 Å². The monoisotopic (exact) mass is 501 g/mol. The zero-order valence-electron chi connectivity index (χ0n) is 20.1. The third kappa shape index (κ3) is 11.1. The van der Waals surface area contributed by atoms with E-state index < -0.39 is 30.1 Å². The average Bonchev–Trinajstić information content (AvgIpc) is 2.82. The van der Waals surface area contributed by atoms with Gasteiger partial charge in [0.2, 0.25) is 5.91 Å². The number of rotatable bonds is 14. The fourth-order valence-corrected chi connectivity index (χ4v) is 4.18. The Labute approximate surface area is 208 Å². The predicted octanol–water partition coefficient (Wildman–Crippen LogP) is 2.71. The molecule has 2 amide bonds.